The van der Waals surface area contributed by atoms with E-state index >= 15 is 0 Å². The second kappa shape index (κ2) is 9.34. The summed E-state index contributed by atoms with van der Waals surface area (Å²) in [5.41, 5.74) is 6.51. The lowest BCUT2D eigenvalue weighted by molar-refractivity contribution is 0.0705. The minimum atomic E-state index is -0.0371. The standard InChI is InChI=1S/C14H21N3O3S/c1-3-11(18)13-12(16)10(9-15)14(21-13)17-5-4-6-20-8-7-19-2/h17H,3-8,16H2,1-2H3. The number of hydrogen-bond donors (Lipinski definition) is 2. The van der Waals surface area contributed by atoms with E-state index in [1.807, 2.05) is 0 Å². The number of nitrogens with zero attached hydrogens (tertiary/aromatic N) is 1. The molecule has 21 heavy (non-hydrogen) atoms. The fraction of sp³-hybridized carbons (Fsp3) is 0.571. The molecule has 1 heterocycles. The van der Waals surface area contributed by atoms with Crippen molar-refractivity contribution in [1.82, 2.24) is 0 Å². The molecule has 0 aliphatic heterocycles. The first kappa shape index (κ1) is 17.4. The summed E-state index contributed by atoms with van der Waals surface area (Å²) < 4.78 is 10.2. The fourth-order valence-corrected chi connectivity index (χ4v) is 2.77. The maximum Gasteiger partial charge on any atom is 0.174 e. The average molecular weight is 311 g/mol. The van der Waals surface area contributed by atoms with E-state index in [2.05, 4.69) is 11.4 Å². The molecule has 0 atom stereocenters. The van der Waals surface area contributed by atoms with Crippen LogP contribution in [0.5, 0.6) is 0 Å². The van der Waals surface area contributed by atoms with Gasteiger partial charge in [0.15, 0.2) is 5.78 Å². The maximum atomic E-state index is 11.8. The zero-order chi connectivity index (χ0) is 15.7. The van der Waals surface area contributed by atoms with Crippen LogP contribution in [0, 0.1) is 11.3 Å². The van der Waals surface area contributed by atoms with Crippen LogP contribution in [0.2, 0.25) is 0 Å². The first-order valence-electron chi connectivity index (χ1n) is 6.81. The highest BCUT2D eigenvalue weighted by molar-refractivity contribution is 7.19. The Kier molecular flexibility index (Phi) is 7.75. The van der Waals surface area contributed by atoms with Gasteiger partial charge >= 0.3 is 0 Å². The van der Waals surface area contributed by atoms with Gasteiger partial charge < -0.3 is 20.5 Å². The number of nitrogens with two attached hydrogens (primary N) is 1. The first-order valence-corrected chi connectivity index (χ1v) is 7.63. The normalized spacial score (nSPS) is 10.3. The fourth-order valence-electron chi connectivity index (χ4n) is 1.67. The number of ether oxygens (including phenoxy) is 2. The van der Waals surface area contributed by atoms with Crippen LogP contribution in [0.4, 0.5) is 10.7 Å². The van der Waals surface area contributed by atoms with E-state index in [1.54, 1.807) is 14.0 Å². The maximum absolute atomic E-state index is 11.8. The molecule has 1 rings (SSSR count). The third-order valence-electron chi connectivity index (χ3n) is 2.81. The molecule has 0 saturated carbocycles. The zero-order valence-electron chi connectivity index (χ0n) is 12.4. The lowest BCUT2D eigenvalue weighted by Gasteiger charge is -2.05. The molecule has 0 spiro atoms. The van der Waals surface area contributed by atoms with Crippen LogP contribution in [0.3, 0.4) is 0 Å². The molecule has 3 N–H and O–H groups in total. The summed E-state index contributed by atoms with van der Waals surface area (Å²) in [6.07, 6.45) is 1.17. The molecule has 0 aliphatic rings. The van der Waals surface area contributed by atoms with Crippen molar-refractivity contribution in [2.75, 3.05) is 44.5 Å². The largest absolute Gasteiger partial charge is 0.396 e. The highest BCUT2D eigenvalue weighted by atomic mass is 32.1. The molecule has 1 aromatic rings. The number of hydrogen-bond acceptors (Lipinski definition) is 7. The number of Topliss-reactive ketones (excluding diaryl/α,β-unsaturated/α-hetero) is 1. The molecule has 0 bridgehead atoms. The van der Waals surface area contributed by atoms with Gasteiger partial charge in [0.05, 0.1) is 23.8 Å². The van der Waals surface area contributed by atoms with Gasteiger partial charge in [-0.3, -0.25) is 4.79 Å². The van der Waals surface area contributed by atoms with Crippen molar-refractivity contribution in [3.63, 3.8) is 0 Å². The van der Waals surface area contributed by atoms with Gasteiger partial charge in [0.25, 0.3) is 0 Å². The second-order valence-corrected chi connectivity index (χ2v) is 5.34. The minimum Gasteiger partial charge on any atom is -0.396 e. The quantitative estimate of drug-likeness (QED) is 0.508. The molecule has 1 aromatic heterocycles. The Balaban J connectivity index is 2.52. The van der Waals surface area contributed by atoms with E-state index in [0.717, 1.165) is 6.42 Å². The van der Waals surface area contributed by atoms with Crippen LogP contribution in [-0.2, 0) is 9.47 Å². The Hall–Kier alpha value is -1.62. The van der Waals surface area contributed by atoms with Crippen LogP contribution in [0.1, 0.15) is 35.0 Å². The van der Waals surface area contributed by atoms with Gasteiger partial charge in [-0.05, 0) is 6.42 Å². The van der Waals surface area contributed by atoms with E-state index in [1.165, 1.54) is 11.3 Å². The molecule has 7 heteroatoms. The Morgan fingerprint density at radius 3 is 2.81 bits per heavy atom. The summed E-state index contributed by atoms with van der Waals surface area (Å²) in [5, 5.41) is 13.0. The average Bonchev–Trinajstić information content (AvgIpc) is 2.81. The van der Waals surface area contributed by atoms with Gasteiger partial charge in [-0.2, -0.15) is 5.26 Å². The summed E-state index contributed by atoms with van der Waals surface area (Å²) in [6, 6.07) is 2.05. The van der Waals surface area contributed by atoms with E-state index in [-0.39, 0.29) is 11.5 Å². The van der Waals surface area contributed by atoms with Crippen LogP contribution in [0.25, 0.3) is 0 Å². The summed E-state index contributed by atoms with van der Waals surface area (Å²) in [6.45, 7) is 4.19. The van der Waals surface area contributed by atoms with E-state index in [9.17, 15) is 4.79 Å². The Labute approximate surface area is 128 Å². The van der Waals surface area contributed by atoms with Crippen LogP contribution in [-0.4, -0.2) is 39.3 Å². The Bertz CT molecular complexity index is 508. The monoisotopic (exact) mass is 311 g/mol. The number of nitriles is 1. The van der Waals surface area contributed by atoms with Crippen molar-refractivity contribution in [3.8, 4) is 6.07 Å². The molecular formula is C14H21N3O3S. The van der Waals surface area contributed by atoms with Crippen molar-refractivity contribution in [2.24, 2.45) is 0 Å². The van der Waals surface area contributed by atoms with Crippen molar-refractivity contribution in [1.29, 1.82) is 5.26 Å². The molecule has 116 valence electrons. The number of nitrogen functional groups attached to an aromatic ring is 1. The molecule has 0 aliphatic carbocycles. The van der Waals surface area contributed by atoms with Crippen LogP contribution in [0.15, 0.2) is 0 Å². The molecule has 0 aromatic carbocycles. The van der Waals surface area contributed by atoms with Gasteiger partial charge in [-0.15, -0.1) is 11.3 Å². The van der Waals surface area contributed by atoms with Gasteiger partial charge in [0.1, 0.15) is 16.6 Å². The van der Waals surface area contributed by atoms with Crippen molar-refractivity contribution < 1.29 is 14.3 Å². The van der Waals surface area contributed by atoms with Crippen LogP contribution >= 0.6 is 11.3 Å². The van der Waals surface area contributed by atoms with Gasteiger partial charge in [-0.1, -0.05) is 6.92 Å². The number of carbonyl (C=O) groups is 1. The predicted octanol–water partition coefficient (Wildman–Crippen LogP) is 2.26. The van der Waals surface area contributed by atoms with Crippen LogP contribution < -0.4 is 11.1 Å². The molecule has 0 fully saturated rings. The number of anilines is 2. The number of nitrogens with one attached hydrogen (secondary N) is 1. The topological polar surface area (TPSA) is 97.4 Å². The highest BCUT2D eigenvalue weighted by Crippen LogP contribution is 2.35. The van der Waals surface area contributed by atoms with Gasteiger partial charge in [0.2, 0.25) is 0 Å². The van der Waals surface area contributed by atoms with Crippen molar-refractivity contribution in [3.05, 3.63) is 10.4 Å². The summed E-state index contributed by atoms with van der Waals surface area (Å²) >= 11 is 1.25. The molecule has 0 radical (unpaired) electrons. The number of ketones is 1. The molecule has 0 amide bonds. The smallest absolute Gasteiger partial charge is 0.174 e. The summed E-state index contributed by atoms with van der Waals surface area (Å²) in [5.74, 6) is -0.0371. The summed E-state index contributed by atoms with van der Waals surface area (Å²) in [4.78, 5) is 12.2. The van der Waals surface area contributed by atoms with Gasteiger partial charge in [-0.25, -0.2) is 0 Å². The molecule has 6 nitrogen and oxygen atoms in total. The third-order valence-corrected chi connectivity index (χ3v) is 4.02. The molecule has 0 unspecified atom stereocenters. The predicted molar refractivity (Wildman–Crippen MR) is 83.9 cm³/mol. The van der Waals surface area contributed by atoms with E-state index < -0.39 is 0 Å². The SMILES string of the molecule is CCC(=O)c1sc(NCCCOCCOC)c(C#N)c1N. The first-order chi connectivity index (χ1) is 10.2. The minimum absolute atomic E-state index is 0.0371. The van der Waals surface area contributed by atoms with E-state index in [0.29, 0.717) is 48.2 Å². The second-order valence-electron chi connectivity index (χ2n) is 4.32. The zero-order valence-corrected chi connectivity index (χ0v) is 13.2. The number of methoxy groups -OCH3 is 1. The van der Waals surface area contributed by atoms with Crippen molar-refractivity contribution >= 4 is 27.8 Å². The summed E-state index contributed by atoms with van der Waals surface area (Å²) in [7, 11) is 1.63. The Morgan fingerprint density at radius 1 is 1.43 bits per heavy atom. The lowest BCUT2D eigenvalue weighted by Crippen LogP contribution is -2.08. The number of carbonyl (C=O) groups excluding carboxylic acids is 1. The number of thiophene rings is 1. The third kappa shape index (κ3) is 5.01. The lowest BCUT2D eigenvalue weighted by atomic mass is 10.2. The molecule has 0 saturated heterocycles. The van der Waals surface area contributed by atoms with E-state index in [4.69, 9.17) is 20.5 Å². The van der Waals surface area contributed by atoms with Crippen molar-refractivity contribution in [2.45, 2.75) is 19.8 Å². The Morgan fingerprint density at radius 2 is 2.19 bits per heavy atom. The molecular weight excluding hydrogens is 290 g/mol. The van der Waals surface area contributed by atoms with Gasteiger partial charge in [0, 0.05) is 26.7 Å². The highest BCUT2D eigenvalue weighted by Gasteiger charge is 2.19. The number of rotatable bonds is 10.